The SMILES string of the molecule is CCN(CCCO)CCC(N)c1cccc(F)c1. The molecule has 0 saturated carbocycles. The quantitative estimate of drug-likeness (QED) is 0.745. The van der Waals surface area contributed by atoms with Gasteiger partial charge < -0.3 is 15.7 Å². The second-order valence-corrected chi connectivity index (χ2v) is 4.46. The molecule has 4 heteroatoms. The molecule has 1 unspecified atom stereocenters. The molecular weight excluding hydrogens is 231 g/mol. The topological polar surface area (TPSA) is 49.5 Å². The van der Waals surface area contributed by atoms with Crippen molar-refractivity contribution in [3.8, 4) is 0 Å². The molecule has 0 aliphatic rings. The molecule has 102 valence electrons. The first-order chi connectivity index (χ1) is 8.67. The zero-order chi connectivity index (χ0) is 13.4. The maximum Gasteiger partial charge on any atom is 0.123 e. The Morgan fingerprint density at radius 3 is 2.78 bits per heavy atom. The van der Waals surface area contributed by atoms with Gasteiger partial charge in [0.1, 0.15) is 5.82 Å². The first kappa shape index (κ1) is 15.1. The molecule has 0 aromatic heterocycles. The smallest absolute Gasteiger partial charge is 0.123 e. The number of benzene rings is 1. The van der Waals surface area contributed by atoms with E-state index >= 15 is 0 Å². The molecule has 0 aliphatic carbocycles. The molecule has 1 aromatic carbocycles. The largest absolute Gasteiger partial charge is 0.396 e. The van der Waals surface area contributed by atoms with Gasteiger partial charge in [-0.2, -0.15) is 0 Å². The normalized spacial score (nSPS) is 12.9. The highest BCUT2D eigenvalue weighted by Crippen LogP contribution is 2.15. The third kappa shape index (κ3) is 5.12. The molecule has 3 N–H and O–H groups in total. The monoisotopic (exact) mass is 254 g/mol. The van der Waals surface area contributed by atoms with Gasteiger partial charge in [-0.25, -0.2) is 4.39 Å². The number of aliphatic hydroxyl groups excluding tert-OH is 1. The van der Waals surface area contributed by atoms with Crippen molar-refractivity contribution < 1.29 is 9.50 Å². The minimum Gasteiger partial charge on any atom is -0.396 e. The minimum atomic E-state index is -0.240. The van der Waals surface area contributed by atoms with Crippen LogP contribution in [0.2, 0.25) is 0 Å². The number of aliphatic hydroxyl groups is 1. The van der Waals surface area contributed by atoms with Gasteiger partial charge in [-0.05, 0) is 43.6 Å². The van der Waals surface area contributed by atoms with Gasteiger partial charge in [0.15, 0.2) is 0 Å². The third-order valence-electron chi connectivity index (χ3n) is 3.11. The zero-order valence-electron chi connectivity index (χ0n) is 11.0. The summed E-state index contributed by atoms with van der Waals surface area (Å²) in [4.78, 5) is 2.25. The van der Waals surface area contributed by atoms with Crippen LogP contribution in [0.4, 0.5) is 4.39 Å². The summed E-state index contributed by atoms with van der Waals surface area (Å²) in [5.41, 5.74) is 6.89. The summed E-state index contributed by atoms with van der Waals surface area (Å²) < 4.78 is 13.1. The lowest BCUT2D eigenvalue weighted by molar-refractivity contribution is 0.225. The van der Waals surface area contributed by atoms with Crippen LogP contribution in [-0.2, 0) is 0 Å². The summed E-state index contributed by atoms with van der Waals surface area (Å²) in [5, 5.41) is 8.80. The number of nitrogens with two attached hydrogens (primary N) is 1. The molecular formula is C14H23FN2O. The number of rotatable bonds is 8. The molecule has 0 heterocycles. The van der Waals surface area contributed by atoms with Crippen molar-refractivity contribution in [2.75, 3.05) is 26.2 Å². The van der Waals surface area contributed by atoms with Crippen molar-refractivity contribution in [3.05, 3.63) is 35.6 Å². The molecule has 1 aromatic rings. The molecule has 0 bridgehead atoms. The second kappa shape index (κ2) is 8.19. The summed E-state index contributed by atoms with van der Waals surface area (Å²) in [6.45, 7) is 4.99. The fraction of sp³-hybridized carbons (Fsp3) is 0.571. The first-order valence-electron chi connectivity index (χ1n) is 6.51. The van der Waals surface area contributed by atoms with Gasteiger partial charge in [-0.1, -0.05) is 19.1 Å². The van der Waals surface area contributed by atoms with E-state index in [1.807, 2.05) is 6.07 Å². The standard InChI is InChI=1S/C14H23FN2O/c1-2-17(8-4-10-18)9-7-14(16)12-5-3-6-13(15)11-12/h3,5-6,11,14,18H,2,4,7-10,16H2,1H3. The molecule has 0 radical (unpaired) electrons. The number of halogens is 1. The Morgan fingerprint density at radius 1 is 1.39 bits per heavy atom. The molecule has 0 aliphatic heterocycles. The summed E-state index contributed by atoms with van der Waals surface area (Å²) >= 11 is 0. The average molecular weight is 254 g/mol. The van der Waals surface area contributed by atoms with Crippen molar-refractivity contribution in [3.63, 3.8) is 0 Å². The van der Waals surface area contributed by atoms with Crippen LogP contribution in [0.3, 0.4) is 0 Å². The van der Waals surface area contributed by atoms with Gasteiger partial charge in [-0.3, -0.25) is 0 Å². The van der Waals surface area contributed by atoms with Crippen LogP contribution in [0.5, 0.6) is 0 Å². The molecule has 0 amide bonds. The molecule has 18 heavy (non-hydrogen) atoms. The number of hydrogen-bond donors (Lipinski definition) is 2. The molecule has 1 atom stereocenters. The molecule has 0 saturated heterocycles. The van der Waals surface area contributed by atoms with Gasteiger partial charge in [0, 0.05) is 19.2 Å². The predicted molar refractivity (Wildman–Crippen MR) is 71.8 cm³/mol. The van der Waals surface area contributed by atoms with E-state index in [0.717, 1.165) is 38.0 Å². The predicted octanol–water partition coefficient (Wildman–Crippen LogP) is 1.92. The molecule has 0 spiro atoms. The van der Waals surface area contributed by atoms with Crippen LogP contribution in [0.25, 0.3) is 0 Å². The lowest BCUT2D eigenvalue weighted by Gasteiger charge is -2.22. The van der Waals surface area contributed by atoms with E-state index in [-0.39, 0.29) is 18.5 Å². The van der Waals surface area contributed by atoms with Gasteiger partial charge in [-0.15, -0.1) is 0 Å². The Balaban J connectivity index is 2.42. The Labute approximate surface area is 108 Å². The van der Waals surface area contributed by atoms with E-state index in [1.54, 1.807) is 6.07 Å². The minimum absolute atomic E-state index is 0.135. The van der Waals surface area contributed by atoms with Crippen LogP contribution in [0.1, 0.15) is 31.4 Å². The van der Waals surface area contributed by atoms with Crippen LogP contribution in [-0.4, -0.2) is 36.2 Å². The van der Waals surface area contributed by atoms with Crippen LogP contribution in [0.15, 0.2) is 24.3 Å². The van der Waals surface area contributed by atoms with E-state index in [4.69, 9.17) is 10.8 Å². The van der Waals surface area contributed by atoms with E-state index in [2.05, 4.69) is 11.8 Å². The lowest BCUT2D eigenvalue weighted by atomic mass is 10.0. The van der Waals surface area contributed by atoms with Gasteiger partial charge in [0.05, 0.1) is 0 Å². The van der Waals surface area contributed by atoms with Crippen molar-refractivity contribution in [2.24, 2.45) is 5.73 Å². The first-order valence-corrected chi connectivity index (χ1v) is 6.51. The number of hydrogen-bond acceptors (Lipinski definition) is 3. The van der Waals surface area contributed by atoms with E-state index < -0.39 is 0 Å². The van der Waals surface area contributed by atoms with E-state index in [0.29, 0.717) is 0 Å². The maximum absolute atomic E-state index is 13.1. The zero-order valence-corrected chi connectivity index (χ0v) is 11.0. The van der Waals surface area contributed by atoms with Crippen molar-refractivity contribution in [1.82, 2.24) is 4.90 Å². The summed E-state index contributed by atoms with van der Waals surface area (Å²) in [6.07, 6.45) is 1.58. The summed E-state index contributed by atoms with van der Waals surface area (Å²) in [6, 6.07) is 6.33. The number of nitrogens with zero attached hydrogens (tertiary/aromatic N) is 1. The van der Waals surface area contributed by atoms with Gasteiger partial charge in [0.2, 0.25) is 0 Å². The molecule has 3 nitrogen and oxygen atoms in total. The maximum atomic E-state index is 13.1. The Morgan fingerprint density at radius 2 is 2.17 bits per heavy atom. The Hall–Kier alpha value is -0.970. The van der Waals surface area contributed by atoms with Crippen molar-refractivity contribution in [2.45, 2.75) is 25.8 Å². The summed E-state index contributed by atoms with van der Waals surface area (Å²) in [7, 11) is 0. The van der Waals surface area contributed by atoms with Crippen LogP contribution < -0.4 is 5.73 Å². The highest BCUT2D eigenvalue weighted by Gasteiger charge is 2.09. The molecule has 0 fully saturated rings. The highest BCUT2D eigenvalue weighted by molar-refractivity contribution is 5.19. The average Bonchev–Trinajstić information content (AvgIpc) is 2.38. The second-order valence-electron chi connectivity index (χ2n) is 4.46. The third-order valence-corrected chi connectivity index (χ3v) is 3.11. The highest BCUT2D eigenvalue weighted by atomic mass is 19.1. The fourth-order valence-corrected chi connectivity index (χ4v) is 1.95. The van der Waals surface area contributed by atoms with E-state index in [1.165, 1.54) is 12.1 Å². The van der Waals surface area contributed by atoms with Crippen LogP contribution >= 0.6 is 0 Å². The van der Waals surface area contributed by atoms with Gasteiger partial charge in [0.25, 0.3) is 0 Å². The Bertz CT molecular complexity index is 346. The Kier molecular flexibility index (Phi) is 6.86. The molecule has 1 rings (SSSR count). The summed E-state index contributed by atoms with van der Waals surface area (Å²) in [5.74, 6) is -0.240. The lowest BCUT2D eigenvalue weighted by Crippen LogP contribution is -2.28. The van der Waals surface area contributed by atoms with E-state index in [9.17, 15) is 4.39 Å². The van der Waals surface area contributed by atoms with Gasteiger partial charge >= 0.3 is 0 Å². The van der Waals surface area contributed by atoms with Crippen LogP contribution in [0, 0.1) is 5.82 Å². The van der Waals surface area contributed by atoms with Crippen molar-refractivity contribution >= 4 is 0 Å². The fourth-order valence-electron chi connectivity index (χ4n) is 1.95. The van der Waals surface area contributed by atoms with Crippen molar-refractivity contribution in [1.29, 1.82) is 0 Å².